The van der Waals surface area contributed by atoms with Crippen molar-refractivity contribution in [1.29, 1.82) is 0 Å². The maximum Gasteiger partial charge on any atom is 0.253 e. The fourth-order valence-corrected chi connectivity index (χ4v) is 3.77. The predicted molar refractivity (Wildman–Crippen MR) is 107 cm³/mol. The predicted octanol–water partition coefficient (Wildman–Crippen LogP) is 4.21. The van der Waals surface area contributed by atoms with Crippen LogP contribution in [0.5, 0.6) is 11.5 Å². The van der Waals surface area contributed by atoms with E-state index in [1.165, 1.54) is 12.1 Å². The van der Waals surface area contributed by atoms with Crippen LogP contribution in [0, 0.1) is 11.6 Å². The number of benzene rings is 2. The van der Waals surface area contributed by atoms with E-state index in [0.29, 0.717) is 38.1 Å². The van der Waals surface area contributed by atoms with Crippen LogP contribution in [0.4, 0.5) is 8.78 Å². The molecule has 1 unspecified atom stereocenters. The molecule has 7 heteroatoms. The monoisotopic (exact) mass is 417 g/mol. The van der Waals surface area contributed by atoms with E-state index in [4.69, 9.17) is 14.2 Å². The minimum atomic E-state index is -0.713. The van der Waals surface area contributed by atoms with Crippen LogP contribution < -0.4 is 9.47 Å². The number of halogens is 2. The first-order valence-corrected chi connectivity index (χ1v) is 10.3. The third kappa shape index (κ3) is 5.08. The molecule has 1 atom stereocenters. The average Bonchev–Trinajstić information content (AvgIpc) is 3.28. The molecule has 0 aliphatic carbocycles. The van der Waals surface area contributed by atoms with Gasteiger partial charge in [-0.2, -0.15) is 0 Å². The van der Waals surface area contributed by atoms with Crippen LogP contribution in [-0.4, -0.2) is 49.3 Å². The van der Waals surface area contributed by atoms with Crippen molar-refractivity contribution in [2.45, 2.75) is 37.9 Å². The molecule has 0 radical (unpaired) electrons. The molecular formula is C23H25F2NO4. The molecular weight excluding hydrogens is 392 g/mol. The average molecular weight is 417 g/mol. The minimum absolute atomic E-state index is 0.0415. The Balaban J connectivity index is 1.26. The molecule has 0 bridgehead atoms. The van der Waals surface area contributed by atoms with Gasteiger partial charge in [-0.1, -0.05) is 0 Å². The van der Waals surface area contributed by atoms with E-state index in [1.807, 2.05) is 0 Å². The SMILES string of the molecule is O=C(c1ccc(OCC2CCCO2)cc1)N1CCC(Oc2ccc(F)cc2F)CC1. The van der Waals surface area contributed by atoms with Crippen molar-refractivity contribution < 1.29 is 27.8 Å². The molecule has 160 valence electrons. The van der Waals surface area contributed by atoms with E-state index in [9.17, 15) is 13.6 Å². The van der Waals surface area contributed by atoms with E-state index in [1.54, 1.807) is 29.2 Å². The number of carbonyl (C=O) groups is 1. The largest absolute Gasteiger partial charge is 0.491 e. The standard InChI is InChI=1S/C23H25F2NO4/c24-17-5-8-22(21(25)14-17)30-19-9-11-26(12-10-19)23(27)16-3-6-18(7-4-16)29-15-20-2-1-13-28-20/h3-8,14,19-20H,1-2,9-13,15H2. The van der Waals surface area contributed by atoms with Crippen LogP contribution in [0.1, 0.15) is 36.0 Å². The first-order chi connectivity index (χ1) is 14.6. The summed E-state index contributed by atoms with van der Waals surface area (Å²) in [6.45, 7) is 2.35. The molecule has 2 aliphatic rings. The fraction of sp³-hybridized carbons (Fsp3) is 0.435. The number of hydrogen-bond donors (Lipinski definition) is 0. The number of piperidine rings is 1. The topological polar surface area (TPSA) is 48.0 Å². The maximum absolute atomic E-state index is 13.8. The van der Waals surface area contributed by atoms with E-state index in [2.05, 4.69) is 0 Å². The van der Waals surface area contributed by atoms with Gasteiger partial charge in [-0.25, -0.2) is 8.78 Å². The lowest BCUT2D eigenvalue weighted by atomic mass is 10.1. The molecule has 30 heavy (non-hydrogen) atoms. The summed E-state index contributed by atoms with van der Waals surface area (Å²) in [7, 11) is 0. The van der Waals surface area contributed by atoms with Crippen LogP contribution >= 0.6 is 0 Å². The Morgan fingerprint density at radius 2 is 1.83 bits per heavy atom. The molecule has 2 heterocycles. The molecule has 2 saturated heterocycles. The van der Waals surface area contributed by atoms with Gasteiger partial charge in [-0.3, -0.25) is 4.79 Å². The Morgan fingerprint density at radius 1 is 1.07 bits per heavy atom. The third-order valence-electron chi connectivity index (χ3n) is 5.48. The lowest BCUT2D eigenvalue weighted by Crippen LogP contribution is -2.41. The van der Waals surface area contributed by atoms with Gasteiger partial charge in [0.25, 0.3) is 5.91 Å². The Labute approximate surface area is 174 Å². The van der Waals surface area contributed by atoms with E-state index in [0.717, 1.165) is 31.3 Å². The molecule has 2 fully saturated rings. The lowest BCUT2D eigenvalue weighted by molar-refractivity contribution is 0.0587. The zero-order valence-electron chi connectivity index (χ0n) is 16.7. The van der Waals surface area contributed by atoms with Crippen molar-refractivity contribution in [3.8, 4) is 11.5 Å². The van der Waals surface area contributed by atoms with Gasteiger partial charge in [-0.15, -0.1) is 0 Å². The van der Waals surface area contributed by atoms with E-state index < -0.39 is 11.6 Å². The molecule has 0 aromatic heterocycles. The lowest BCUT2D eigenvalue weighted by Gasteiger charge is -2.32. The highest BCUT2D eigenvalue weighted by molar-refractivity contribution is 5.94. The Hall–Kier alpha value is -2.67. The van der Waals surface area contributed by atoms with Gasteiger partial charge in [0.05, 0.1) is 6.10 Å². The fourth-order valence-electron chi connectivity index (χ4n) is 3.77. The van der Waals surface area contributed by atoms with Crippen molar-refractivity contribution in [3.05, 3.63) is 59.7 Å². The molecule has 0 spiro atoms. The number of carbonyl (C=O) groups excluding carboxylic acids is 1. The summed E-state index contributed by atoms with van der Waals surface area (Å²) in [5, 5.41) is 0. The second-order valence-corrected chi connectivity index (χ2v) is 7.65. The highest BCUT2D eigenvalue weighted by atomic mass is 19.1. The van der Waals surface area contributed by atoms with Gasteiger partial charge in [-0.05, 0) is 49.2 Å². The molecule has 2 aliphatic heterocycles. The number of likely N-dealkylation sites (tertiary alicyclic amines) is 1. The quantitative estimate of drug-likeness (QED) is 0.707. The van der Waals surface area contributed by atoms with Gasteiger partial charge >= 0.3 is 0 Å². The summed E-state index contributed by atoms with van der Waals surface area (Å²) in [6, 6.07) is 10.4. The number of nitrogens with zero attached hydrogens (tertiary/aromatic N) is 1. The van der Waals surface area contributed by atoms with Gasteiger partial charge < -0.3 is 19.1 Å². The second kappa shape index (κ2) is 9.43. The smallest absolute Gasteiger partial charge is 0.253 e. The highest BCUT2D eigenvalue weighted by Gasteiger charge is 2.25. The van der Waals surface area contributed by atoms with Gasteiger partial charge in [0.1, 0.15) is 24.3 Å². The van der Waals surface area contributed by atoms with Crippen molar-refractivity contribution in [2.24, 2.45) is 0 Å². The van der Waals surface area contributed by atoms with Crippen molar-refractivity contribution in [1.82, 2.24) is 4.90 Å². The molecule has 5 nitrogen and oxygen atoms in total. The van der Waals surface area contributed by atoms with Crippen LogP contribution in [0.15, 0.2) is 42.5 Å². The summed E-state index contributed by atoms with van der Waals surface area (Å²) < 4.78 is 43.7. The summed E-state index contributed by atoms with van der Waals surface area (Å²) in [6.07, 6.45) is 3.21. The zero-order valence-corrected chi connectivity index (χ0v) is 16.7. The van der Waals surface area contributed by atoms with Gasteiger partial charge in [0, 0.05) is 44.2 Å². The van der Waals surface area contributed by atoms with E-state index >= 15 is 0 Å². The normalized spacial score (nSPS) is 19.7. The Kier molecular flexibility index (Phi) is 6.47. The van der Waals surface area contributed by atoms with Crippen molar-refractivity contribution >= 4 is 5.91 Å². The molecule has 2 aromatic carbocycles. The summed E-state index contributed by atoms with van der Waals surface area (Å²) in [4.78, 5) is 14.5. The van der Waals surface area contributed by atoms with Crippen LogP contribution in [-0.2, 0) is 4.74 Å². The van der Waals surface area contributed by atoms with Crippen LogP contribution in [0.3, 0.4) is 0 Å². The minimum Gasteiger partial charge on any atom is -0.491 e. The first-order valence-electron chi connectivity index (χ1n) is 10.3. The first kappa shape index (κ1) is 20.6. The third-order valence-corrected chi connectivity index (χ3v) is 5.48. The molecule has 0 saturated carbocycles. The Bertz CT molecular complexity index is 860. The highest BCUT2D eigenvalue weighted by Crippen LogP contribution is 2.24. The number of rotatable bonds is 6. The molecule has 4 rings (SSSR count). The second-order valence-electron chi connectivity index (χ2n) is 7.65. The maximum atomic E-state index is 13.8. The van der Waals surface area contributed by atoms with Gasteiger partial charge in [0.2, 0.25) is 0 Å². The Morgan fingerprint density at radius 3 is 2.50 bits per heavy atom. The van der Waals surface area contributed by atoms with Crippen molar-refractivity contribution in [3.63, 3.8) is 0 Å². The van der Waals surface area contributed by atoms with Gasteiger partial charge in [0.15, 0.2) is 11.6 Å². The van der Waals surface area contributed by atoms with Crippen LogP contribution in [0.2, 0.25) is 0 Å². The van der Waals surface area contributed by atoms with E-state index in [-0.39, 0.29) is 23.9 Å². The molecule has 1 amide bonds. The molecule has 0 N–H and O–H groups in total. The summed E-state index contributed by atoms with van der Waals surface area (Å²) in [5.41, 5.74) is 0.600. The summed E-state index contributed by atoms with van der Waals surface area (Å²) in [5.74, 6) is -0.638. The zero-order chi connectivity index (χ0) is 20.9. The molecule has 2 aromatic rings. The van der Waals surface area contributed by atoms with Crippen molar-refractivity contribution in [2.75, 3.05) is 26.3 Å². The van der Waals surface area contributed by atoms with Crippen LogP contribution in [0.25, 0.3) is 0 Å². The number of amides is 1. The number of hydrogen-bond acceptors (Lipinski definition) is 4. The summed E-state index contributed by atoms with van der Waals surface area (Å²) >= 11 is 0. The number of ether oxygens (including phenoxy) is 3.